The summed E-state index contributed by atoms with van der Waals surface area (Å²) in [6.07, 6.45) is 1.47. The highest BCUT2D eigenvalue weighted by Gasteiger charge is 2.23. The van der Waals surface area contributed by atoms with Gasteiger partial charge < -0.3 is 15.7 Å². The van der Waals surface area contributed by atoms with Crippen LogP contribution >= 0.6 is 0 Å². The second kappa shape index (κ2) is 4.18. The van der Waals surface area contributed by atoms with E-state index in [0.717, 1.165) is 5.57 Å². The monoisotopic (exact) mass is 224 g/mol. The summed E-state index contributed by atoms with van der Waals surface area (Å²) in [5.74, 6) is -1.11. The Balaban J connectivity index is 3.13. The number of aliphatic carboxylic acids is 1. The summed E-state index contributed by atoms with van der Waals surface area (Å²) in [7, 11) is 0. The van der Waals surface area contributed by atoms with Crippen molar-refractivity contribution in [2.45, 2.75) is 13.8 Å². The molecule has 0 aliphatic heterocycles. The van der Waals surface area contributed by atoms with E-state index in [2.05, 4.69) is 0 Å². The van der Waals surface area contributed by atoms with Gasteiger partial charge in [0.05, 0.1) is 0 Å². The Bertz CT molecular complexity index is 519. The number of nitrogen functional groups attached to an aromatic ring is 1. The number of hydrogen-bond acceptors (Lipinski definition) is 5. The second-order valence-electron chi connectivity index (χ2n) is 3.65. The van der Waals surface area contributed by atoms with Crippen LogP contribution in [0.5, 0.6) is 0 Å². The molecule has 0 unspecified atom stereocenters. The minimum Gasteiger partial charge on any atom is -0.480 e. The molecule has 0 spiro atoms. The molecule has 6 nitrogen and oxygen atoms in total. The average molecular weight is 224 g/mol. The Hall–Kier alpha value is -2.11. The average Bonchev–Trinajstić information content (AvgIpc) is 2.15. The molecule has 0 heterocycles. The molecule has 0 radical (unpaired) electrons. The number of carboxylic acid groups (broad SMARTS) is 1. The van der Waals surface area contributed by atoms with Gasteiger partial charge in [0.25, 0.3) is 10.9 Å². The molecule has 0 saturated heterocycles. The summed E-state index contributed by atoms with van der Waals surface area (Å²) in [5.41, 5.74) is 4.45. The Morgan fingerprint density at radius 1 is 1.38 bits per heavy atom. The first-order chi connectivity index (χ1) is 7.34. The fourth-order valence-corrected chi connectivity index (χ4v) is 1.33. The normalized spacial score (nSPS) is 10.1. The largest absolute Gasteiger partial charge is 0.480 e. The molecule has 0 atom stereocenters. The lowest BCUT2D eigenvalue weighted by molar-refractivity contribution is -0.135. The molecular weight excluding hydrogens is 212 g/mol. The van der Waals surface area contributed by atoms with Crippen LogP contribution in [0.1, 0.15) is 13.8 Å². The Kier molecular flexibility index (Phi) is 3.12. The highest BCUT2D eigenvalue weighted by molar-refractivity contribution is 5.80. The Morgan fingerprint density at radius 2 is 1.94 bits per heavy atom. The maximum absolute atomic E-state index is 11.2. The van der Waals surface area contributed by atoms with E-state index >= 15 is 0 Å². The summed E-state index contributed by atoms with van der Waals surface area (Å²) in [5, 5.41) is 8.67. The van der Waals surface area contributed by atoms with Crippen LogP contribution in [0.25, 0.3) is 0 Å². The fourth-order valence-electron chi connectivity index (χ4n) is 1.33. The molecule has 3 N–H and O–H groups in total. The van der Waals surface area contributed by atoms with Gasteiger partial charge in [0.2, 0.25) is 0 Å². The second-order valence-corrected chi connectivity index (χ2v) is 3.65. The third-order valence-corrected chi connectivity index (χ3v) is 1.93. The molecule has 0 amide bonds. The van der Waals surface area contributed by atoms with E-state index in [1.807, 2.05) is 0 Å². The number of nitrogens with zero attached hydrogens (tertiary/aromatic N) is 1. The third-order valence-electron chi connectivity index (χ3n) is 1.93. The van der Waals surface area contributed by atoms with Gasteiger partial charge in [-0.3, -0.25) is 14.4 Å². The quantitative estimate of drug-likeness (QED) is 0.680. The summed E-state index contributed by atoms with van der Waals surface area (Å²) >= 11 is 0. The first kappa shape index (κ1) is 12.0. The van der Waals surface area contributed by atoms with Crippen molar-refractivity contribution in [1.29, 1.82) is 0 Å². The molecule has 0 bridgehead atoms. The maximum atomic E-state index is 11.2. The van der Waals surface area contributed by atoms with Crippen molar-refractivity contribution in [3.8, 4) is 0 Å². The van der Waals surface area contributed by atoms with E-state index in [1.54, 1.807) is 13.8 Å². The van der Waals surface area contributed by atoms with Gasteiger partial charge in [0.1, 0.15) is 17.9 Å². The van der Waals surface area contributed by atoms with E-state index in [4.69, 9.17) is 10.8 Å². The van der Waals surface area contributed by atoms with Gasteiger partial charge in [-0.15, -0.1) is 0 Å². The molecule has 16 heavy (non-hydrogen) atoms. The Morgan fingerprint density at radius 3 is 2.31 bits per heavy atom. The van der Waals surface area contributed by atoms with E-state index in [-0.39, 0.29) is 11.4 Å². The number of allylic oxidation sites excluding steroid dienone is 1. The van der Waals surface area contributed by atoms with Crippen molar-refractivity contribution in [2.75, 3.05) is 17.2 Å². The lowest BCUT2D eigenvalue weighted by Crippen LogP contribution is -2.42. The lowest BCUT2D eigenvalue weighted by atomic mass is 10.1. The van der Waals surface area contributed by atoms with Crippen LogP contribution in [0.3, 0.4) is 0 Å². The maximum Gasteiger partial charge on any atom is 0.323 e. The smallest absolute Gasteiger partial charge is 0.323 e. The van der Waals surface area contributed by atoms with Crippen LogP contribution in [-0.4, -0.2) is 17.6 Å². The molecule has 0 aliphatic carbocycles. The summed E-state index contributed by atoms with van der Waals surface area (Å²) in [6.45, 7) is 3.09. The van der Waals surface area contributed by atoms with Crippen LogP contribution in [0.4, 0.5) is 11.4 Å². The van der Waals surface area contributed by atoms with E-state index in [1.165, 1.54) is 11.1 Å². The minimum atomic E-state index is -1.11. The van der Waals surface area contributed by atoms with Crippen molar-refractivity contribution in [1.82, 2.24) is 0 Å². The predicted molar refractivity (Wildman–Crippen MR) is 60.2 cm³/mol. The number of hydrogen-bond donors (Lipinski definition) is 2. The van der Waals surface area contributed by atoms with Crippen molar-refractivity contribution in [2.24, 2.45) is 0 Å². The number of carbonyl (C=O) groups is 1. The highest BCUT2D eigenvalue weighted by Crippen LogP contribution is 2.17. The van der Waals surface area contributed by atoms with Gasteiger partial charge in [-0.2, -0.15) is 0 Å². The number of anilines is 2. The van der Waals surface area contributed by atoms with Gasteiger partial charge in [0, 0.05) is 6.20 Å². The zero-order valence-corrected chi connectivity index (χ0v) is 8.98. The first-order valence-corrected chi connectivity index (χ1v) is 4.56. The number of carboxylic acids is 1. The molecule has 0 fully saturated rings. The number of nitrogens with two attached hydrogens (primary N) is 1. The van der Waals surface area contributed by atoms with Crippen molar-refractivity contribution in [3.05, 3.63) is 32.2 Å². The van der Waals surface area contributed by atoms with Crippen LogP contribution in [0.15, 0.2) is 21.4 Å². The van der Waals surface area contributed by atoms with Gasteiger partial charge in [-0.05, 0) is 13.8 Å². The highest BCUT2D eigenvalue weighted by atomic mass is 16.4. The summed E-state index contributed by atoms with van der Waals surface area (Å²) < 4.78 is 0. The van der Waals surface area contributed by atoms with E-state index < -0.39 is 23.4 Å². The minimum absolute atomic E-state index is 0.0337. The predicted octanol–water partition coefficient (Wildman–Crippen LogP) is -0.320. The molecule has 1 aromatic rings. The summed E-state index contributed by atoms with van der Waals surface area (Å²) in [4.78, 5) is 33.9. The van der Waals surface area contributed by atoms with E-state index in [9.17, 15) is 14.4 Å². The van der Waals surface area contributed by atoms with Crippen molar-refractivity contribution >= 4 is 17.3 Å². The van der Waals surface area contributed by atoms with E-state index in [0.29, 0.717) is 0 Å². The molecule has 0 aromatic heterocycles. The number of rotatable bonds is 4. The lowest BCUT2D eigenvalue weighted by Gasteiger charge is -2.21. The van der Waals surface area contributed by atoms with Crippen LogP contribution < -0.4 is 21.5 Å². The first-order valence-electron chi connectivity index (χ1n) is 4.56. The van der Waals surface area contributed by atoms with Crippen LogP contribution in [0.2, 0.25) is 0 Å². The zero-order valence-electron chi connectivity index (χ0n) is 8.98. The van der Waals surface area contributed by atoms with Crippen molar-refractivity contribution < 1.29 is 9.90 Å². The molecule has 1 rings (SSSR count). The molecular formula is C10H12N2O4. The third kappa shape index (κ3) is 2.10. The SMILES string of the molecule is CC(C)=CN(CC(=O)O)c1c(N)c(=O)c1=O. The van der Waals surface area contributed by atoms with Gasteiger partial charge in [-0.25, -0.2) is 0 Å². The van der Waals surface area contributed by atoms with Crippen LogP contribution in [0, 0.1) is 0 Å². The van der Waals surface area contributed by atoms with Crippen molar-refractivity contribution in [3.63, 3.8) is 0 Å². The Labute approximate surface area is 91.3 Å². The molecule has 6 heteroatoms. The fraction of sp³-hybridized carbons (Fsp3) is 0.300. The molecule has 1 aromatic carbocycles. The summed E-state index contributed by atoms with van der Waals surface area (Å²) in [6, 6.07) is 0. The topological polar surface area (TPSA) is 101 Å². The van der Waals surface area contributed by atoms with Gasteiger partial charge in [-0.1, -0.05) is 5.57 Å². The molecule has 86 valence electrons. The van der Waals surface area contributed by atoms with Crippen LogP contribution in [-0.2, 0) is 4.79 Å². The molecule has 0 aliphatic rings. The zero-order chi connectivity index (χ0) is 12.5. The van der Waals surface area contributed by atoms with Gasteiger partial charge >= 0.3 is 5.97 Å². The standard InChI is InChI=1S/C10H12N2O4/c1-5(2)3-12(4-6(13)14)8-7(11)9(15)10(8)16/h3H,4,11H2,1-2H3,(H,13,14). The van der Waals surface area contributed by atoms with Gasteiger partial charge in [0.15, 0.2) is 0 Å². The molecule has 0 saturated carbocycles.